The molecule has 1 aromatic rings. The van der Waals surface area contributed by atoms with Gasteiger partial charge in [-0.1, -0.05) is 15.9 Å². The van der Waals surface area contributed by atoms with E-state index in [4.69, 9.17) is 5.26 Å². The quantitative estimate of drug-likeness (QED) is 0.753. The lowest BCUT2D eigenvalue weighted by Crippen LogP contribution is -1.97. The van der Waals surface area contributed by atoms with Crippen molar-refractivity contribution < 1.29 is 8.78 Å². The van der Waals surface area contributed by atoms with Gasteiger partial charge in [0.1, 0.15) is 11.8 Å². The Morgan fingerprint density at radius 3 is 2.69 bits per heavy atom. The van der Waals surface area contributed by atoms with Crippen LogP contribution in [0.2, 0.25) is 0 Å². The maximum Gasteiger partial charge on any atom is 0.280 e. The zero-order valence-electron chi connectivity index (χ0n) is 6.47. The van der Waals surface area contributed by atoms with E-state index in [1.54, 1.807) is 0 Å². The second-order valence-electron chi connectivity index (χ2n) is 2.28. The number of rotatable bonds is 2. The fourth-order valence-electron chi connectivity index (χ4n) is 0.843. The van der Waals surface area contributed by atoms with Crippen molar-refractivity contribution in [2.24, 2.45) is 0 Å². The molecule has 0 saturated heterocycles. The van der Waals surface area contributed by atoms with Gasteiger partial charge in [-0.15, -0.1) is 0 Å². The number of nitriles is 1. The Labute approximate surface area is 82.3 Å². The number of hydrogen-bond donors (Lipinski definition) is 0. The van der Waals surface area contributed by atoms with Gasteiger partial charge >= 0.3 is 0 Å². The summed E-state index contributed by atoms with van der Waals surface area (Å²) in [7, 11) is 0. The van der Waals surface area contributed by atoms with E-state index in [1.165, 1.54) is 6.07 Å². The molecule has 1 aromatic heterocycles. The van der Waals surface area contributed by atoms with Gasteiger partial charge in [0.2, 0.25) is 0 Å². The smallest absolute Gasteiger partial charge is 0.250 e. The lowest BCUT2D eigenvalue weighted by atomic mass is 10.2. The van der Waals surface area contributed by atoms with Gasteiger partial charge in [0.05, 0.1) is 11.3 Å². The summed E-state index contributed by atoms with van der Waals surface area (Å²) in [6, 6.07) is 4.39. The molecular formula is C8H5BrF2N2. The van der Waals surface area contributed by atoms with Crippen LogP contribution in [-0.2, 0) is 5.33 Å². The van der Waals surface area contributed by atoms with E-state index in [9.17, 15) is 8.78 Å². The topological polar surface area (TPSA) is 36.7 Å². The first-order valence-corrected chi connectivity index (χ1v) is 4.55. The van der Waals surface area contributed by atoms with Crippen LogP contribution in [0.15, 0.2) is 12.1 Å². The molecule has 0 fully saturated rings. The molecule has 0 N–H and O–H groups in total. The van der Waals surface area contributed by atoms with Crippen molar-refractivity contribution in [2.75, 3.05) is 0 Å². The Hall–Kier alpha value is -1.02. The van der Waals surface area contributed by atoms with Gasteiger partial charge in [-0.2, -0.15) is 5.26 Å². The molecule has 13 heavy (non-hydrogen) atoms. The molecule has 0 aliphatic heterocycles. The van der Waals surface area contributed by atoms with Crippen LogP contribution in [0, 0.1) is 11.3 Å². The normalized spacial score (nSPS) is 10.1. The van der Waals surface area contributed by atoms with E-state index in [1.807, 2.05) is 6.07 Å². The van der Waals surface area contributed by atoms with Gasteiger partial charge in [0.15, 0.2) is 0 Å². The molecule has 0 aliphatic rings. The van der Waals surface area contributed by atoms with Crippen LogP contribution in [0.25, 0.3) is 0 Å². The molecule has 68 valence electrons. The predicted molar refractivity (Wildman–Crippen MR) is 46.5 cm³/mol. The van der Waals surface area contributed by atoms with Crippen molar-refractivity contribution in [1.82, 2.24) is 4.98 Å². The first-order chi connectivity index (χ1) is 6.19. The van der Waals surface area contributed by atoms with Crippen molar-refractivity contribution >= 4 is 15.9 Å². The number of pyridine rings is 1. The van der Waals surface area contributed by atoms with Crippen molar-refractivity contribution in [1.29, 1.82) is 5.26 Å². The van der Waals surface area contributed by atoms with Crippen LogP contribution in [0.5, 0.6) is 0 Å². The first-order valence-electron chi connectivity index (χ1n) is 3.43. The molecule has 0 unspecified atom stereocenters. The third kappa shape index (κ3) is 2.22. The Morgan fingerprint density at radius 2 is 2.23 bits per heavy atom. The number of alkyl halides is 3. The van der Waals surface area contributed by atoms with Gasteiger partial charge in [0.25, 0.3) is 6.43 Å². The summed E-state index contributed by atoms with van der Waals surface area (Å²) in [4.78, 5) is 3.64. The standard InChI is InChI=1S/C8H5BrF2N2/c9-3-7-5(4-12)1-2-6(13-7)8(10)11/h1-2,8H,3H2. The minimum absolute atomic E-state index is 0.298. The predicted octanol–water partition coefficient (Wildman–Crippen LogP) is 2.79. The molecule has 2 nitrogen and oxygen atoms in total. The summed E-state index contributed by atoms with van der Waals surface area (Å²) >= 11 is 3.07. The molecule has 0 amide bonds. The van der Waals surface area contributed by atoms with Crippen LogP contribution in [0.3, 0.4) is 0 Å². The maximum atomic E-state index is 12.2. The van der Waals surface area contributed by atoms with E-state index < -0.39 is 6.43 Å². The fourth-order valence-corrected chi connectivity index (χ4v) is 1.27. The van der Waals surface area contributed by atoms with Crippen LogP contribution in [0.4, 0.5) is 8.78 Å². The SMILES string of the molecule is N#Cc1ccc(C(F)F)nc1CBr. The van der Waals surface area contributed by atoms with Crippen molar-refractivity contribution in [3.63, 3.8) is 0 Å². The average Bonchev–Trinajstić information content (AvgIpc) is 2.16. The molecule has 0 saturated carbocycles. The summed E-state index contributed by atoms with van der Waals surface area (Å²) in [5.41, 5.74) is 0.370. The third-order valence-electron chi connectivity index (χ3n) is 1.47. The Morgan fingerprint density at radius 1 is 1.54 bits per heavy atom. The highest BCUT2D eigenvalue weighted by Gasteiger charge is 2.11. The number of aromatic nitrogens is 1. The highest BCUT2D eigenvalue weighted by Crippen LogP contribution is 2.19. The summed E-state index contributed by atoms with van der Waals surface area (Å²) < 4.78 is 24.3. The lowest BCUT2D eigenvalue weighted by molar-refractivity contribution is 0.146. The molecule has 0 atom stereocenters. The lowest BCUT2D eigenvalue weighted by Gasteiger charge is -2.02. The molecule has 0 bridgehead atoms. The summed E-state index contributed by atoms with van der Waals surface area (Å²) in [5, 5.41) is 8.88. The van der Waals surface area contributed by atoms with Gasteiger partial charge in [-0.25, -0.2) is 13.8 Å². The number of nitrogens with zero attached hydrogens (tertiary/aromatic N) is 2. The van der Waals surface area contributed by atoms with Crippen LogP contribution in [-0.4, -0.2) is 4.98 Å². The second-order valence-corrected chi connectivity index (χ2v) is 2.84. The summed E-state index contributed by atoms with van der Waals surface area (Å²) in [5.74, 6) is 0. The second kappa shape index (κ2) is 4.28. The van der Waals surface area contributed by atoms with E-state index in [2.05, 4.69) is 20.9 Å². The summed E-state index contributed by atoms with van der Waals surface area (Å²) in [6.07, 6.45) is -2.59. The van der Waals surface area contributed by atoms with Gasteiger partial charge in [-0.3, -0.25) is 0 Å². The minimum Gasteiger partial charge on any atom is -0.250 e. The van der Waals surface area contributed by atoms with Gasteiger partial charge in [0, 0.05) is 5.33 Å². The highest BCUT2D eigenvalue weighted by molar-refractivity contribution is 9.08. The fraction of sp³-hybridized carbons (Fsp3) is 0.250. The van der Waals surface area contributed by atoms with Gasteiger partial charge in [-0.05, 0) is 12.1 Å². The zero-order valence-corrected chi connectivity index (χ0v) is 8.05. The molecule has 5 heteroatoms. The van der Waals surface area contributed by atoms with Crippen molar-refractivity contribution in [3.8, 4) is 6.07 Å². The zero-order chi connectivity index (χ0) is 9.84. The van der Waals surface area contributed by atoms with Crippen molar-refractivity contribution in [3.05, 3.63) is 29.1 Å². The van der Waals surface area contributed by atoms with Crippen LogP contribution >= 0.6 is 15.9 Å². The van der Waals surface area contributed by atoms with Gasteiger partial charge < -0.3 is 0 Å². The molecule has 0 spiro atoms. The minimum atomic E-state index is -2.59. The molecular weight excluding hydrogens is 242 g/mol. The molecule has 1 heterocycles. The Balaban J connectivity index is 3.15. The Bertz CT molecular complexity index is 346. The molecule has 0 aromatic carbocycles. The Kier molecular flexibility index (Phi) is 3.32. The average molecular weight is 247 g/mol. The number of halogens is 3. The van der Waals surface area contributed by atoms with Crippen LogP contribution in [0.1, 0.15) is 23.4 Å². The van der Waals surface area contributed by atoms with E-state index in [0.29, 0.717) is 16.6 Å². The molecule has 1 rings (SSSR count). The third-order valence-corrected chi connectivity index (χ3v) is 2.00. The van der Waals surface area contributed by atoms with E-state index >= 15 is 0 Å². The van der Waals surface area contributed by atoms with E-state index in [-0.39, 0.29) is 5.69 Å². The summed E-state index contributed by atoms with van der Waals surface area (Å²) in [6.45, 7) is 0. The first kappa shape index (κ1) is 10.1. The largest absolute Gasteiger partial charge is 0.280 e. The molecule has 0 radical (unpaired) electrons. The highest BCUT2D eigenvalue weighted by atomic mass is 79.9. The monoisotopic (exact) mass is 246 g/mol. The van der Waals surface area contributed by atoms with E-state index in [0.717, 1.165) is 6.07 Å². The van der Waals surface area contributed by atoms with Crippen LogP contribution < -0.4 is 0 Å². The number of hydrogen-bond acceptors (Lipinski definition) is 2. The van der Waals surface area contributed by atoms with Crippen molar-refractivity contribution in [2.45, 2.75) is 11.8 Å². The molecule has 0 aliphatic carbocycles. The maximum absolute atomic E-state index is 12.2.